The molecule has 0 bridgehead atoms. The second kappa shape index (κ2) is 16.5. The quantitative estimate of drug-likeness (QED) is 0.189. The number of benzene rings is 3. The van der Waals surface area contributed by atoms with E-state index in [0.717, 1.165) is 42.9 Å². The van der Waals surface area contributed by atoms with Crippen LogP contribution in [-0.4, -0.2) is 55.5 Å². The first kappa shape index (κ1) is 30.9. The van der Waals surface area contributed by atoms with Crippen molar-refractivity contribution < 1.29 is 14.3 Å². The summed E-state index contributed by atoms with van der Waals surface area (Å²) in [6.07, 6.45) is 4.09. The van der Waals surface area contributed by atoms with Crippen LogP contribution in [0.5, 0.6) is 0 Å². The molecule has 1 aliphatic rings. The summed E-state index contributed by atoms with van der Waals surface area (Å²) in [4.78, 5) is 26.5. The van der Waals surface area contributed by atoms with Crippen LogP contribution < -0.4 is 14.9 Å². The van der Waals surface area contributed by atoms with Crippen molar-refractivity contribution in [3.8, 4) is 0 Å². The van der Waals surface area contributed by atoms with Gasteiger partial charge in [0.25, 0.3) is 5.91 Å². The van der Waals surface area contributed by atoms with Gasteiger partial charge in [0.15, 0.2) is 0 Å². The Hall–Kier alpha value is -3.59. The smallest absolute Gasteiger partial charge is 0.323 e. The first-order valence-corrected chi connectivity index (χ1v) is 14.5. The van der Waals surface area contributed by atoms with Crippen molar-refractivity contribution in [1.82, 2.24) is 14.3 Å². The molecule has 40 heavy (non-hydrogen) atoms. The van der Waals surface area contributed by atoms with Crippen LogP contribution in [-0.2, 0) is 16.1 Å². The molecule has 3 aromatic carbocycles. The van der Waals surface area contributed by atoms with Crippen molar-refractivity contribution in [1.29, 1.82) is 0 Å². The molecule has 1 atom stereocenters. The van der Waals surface area contributed by atoms with E-state index in [4.69, 9.17) is 4.74 Å². The Labute approximate surface area is 242 Å². The highest BCUT2D eigenvalue weighted by Gasteiger charge is 2.20. The lowest BCUT2D eigenvalue weighted by Crippen LogP contribution is -2.45. The lowest BCUT2D eigenvalue weighted by molar-refractivity contribution is -0.142. The number of carbonyl (C=O) groups excluding carboxylic acids is 2. The largest absolute Gasteiger partial charge is 0.468 e. The highest BCUT2D eigenvalue weighted by Crippen LogP contribution is 2.21. The highest BCUT2D eigenvalue weighted by atomic mass is 32.2. The van der Waals surface area contributed by atoms with Crippen molar-refractivity contribution in [3.63, 3.8) is 0 Å². The van der Waals surface area contributed by atoms with E-state index in [-0.39, 0.29) is 17.9 Å². The van der Waals surface area contributed by atoms with E-state index < -0.39 is 0 Å². The number of ether oxygens (including phenoxy) is 1. The van der Waals surface area contributed by atoms with E-state index >= 15 is 0 Å². The molecule has 8 heteroatoms. The molecular weight excluding hydrogens is 520 g/mol. The molecular formula is C32H40N4O3S. The second-order valence-electron chi connectivity index (χ2n) is 9.09. The Bertz CT molecular complexity index is 1230. The molecule has 7 nitrogen and oxygen atoms in total. The summed E-state index contributed by atoms with van der Waals surface area (Å²) in [6.45, 7) is 9.91. The zero-order chi connectivity index (χ0) is 28.7. The molecule has 4 rings (SSSR count). The van der Waals surface area contributed by atoms with Crippen molar-refractivity contribution in [2.24, 2.45) is 0 Å². The molecule has 1 aliphatic heterocycles. The molecule has 0 unspecified atom stereocenters. The Balaban J connectivity index is 0.00000216. The fraction of sp³-hybridized carbons (Fsp3) is 0.312. The number of nitrogens with one attached hydrogen (secondary N) is 2. The van der Waals surface area contributed by atoms with Crippen molar-refractivity contribution in [3.05, 3.63) is 101 Å². The van der Waals surface area contributed by atoms with Crippen molar-refractivity contribution in [2.45, 2.75) is 33.4 Å². The van der Waals surface area contributed by atoms with E-state index in [9.17, 15) is 9.59 Å². The summed E-state index contributed by atoms with van der Waals surface area (Å²) in [7, 11) is 1.40. The van der Waals surface area contributed by atoms with Crippen LogP contribution in [0.15, 0.2) is 78.9 Å². The van der Waals surface area contributed by atoms with Gasteiger partial charge in [-0.05, 0) is 47.9 Å². The molecule has 1 fully saturated rings. The summed E-state index contributed by atoms with van der Waals surface area (Å²) in [5, 5.41) is 2.98. The minimum Gasteiger partial charge on any atom is -0.468 e. The number of methoxy groups -OCH3 is 1. The molecule has 212 valence electrons. The van der Waals surface area contributed by atoms with Gasteiger partial charge in [-0.1, -0.05) is 80.6 Å². The van der Waals surface area contributed by atoms with Crippen LogP contribution in [0.2, 0.25) is 0 Å². The molecule has 0 aromatic heterocycles. The number of esters is 1. The molecule has 2 N–H and O–H groups in total. The first-order chi connectivity index (χ1) is 19.5. The number of anilines is 1. The van der Waals surface area contributed by atoms with Crippen LogP contribution in [0.25, 0.3) is 12.2 Å². The first-order valence-electron chi connectivity index (χ1n) is 13.7. The topological polar surface area (TPSA) is 73.9 Å². The SMILES string of the molecule is CC.COC(=O)[C@@H](C)NSN1CCN(c2ccc(/C=C/c3cccc(C(=O)NCc4ccccc4)c3)cc2)CC1. The summed E-state index contributed by atoms with van der Waals surface area (Å²) in [6, 6.07) is 25.7. The average Bonchev–Trinajstić information content (AvgIpc) is 3.03. The molecule has 0 aliphatic carbocycles. The Morgan fingerprint density at radius 3 is 2.25 bits per heavy atom. The third kappa shape index (κ3) is 9.55. The van der Waals surface area contributed by atoms with Gasteiger partial charge in [-0.25, -0.2) is 9.03 Å². The van der Waals surface area contributed by atoms with Gasteiger partial charge < -0.3 is 15.0 Å². The molecule has 3 aromatic rings. The van der Waals surface area contributed by atoms with Gasteiger partial charge in [-0.15, -0.1) is 0 Å². The number of piperazine rings is 1. The number of amides is 1. The van der Waals surface area contributed by atoms with Gasteiger partial charge in [-0.2, -0.15) is 0 Å². The van der Waals surface area contributed by atoms with E-state index in [1.54, 1.807) is 6.92 Å². The minimum absolute atomic E-state index is 0.0827. The van der Waals surface area contributed by atoms with Crippen LogP contribution in [0, 0.1) is 0 Å². The maximum atomic E-state index is 12.6. The maximum absolute atomic E-state index is 12.6. The fourth-order valence-corrected chi connectivity index (χ4v) is 4.82. The Morgan fingerprint density at radius 1 is 0.900 bits per heavy atom. The molecule has 0 radical (unpaired) electrons. The number of rotatable bonds is 10. The number of hydrogen-bond acceptors (Lipinski definition) is 7. The van der Waals surface area contributed by atoms with Crippen molar-refractivity contribution in [2.75, 3.05) is 38.2 Å². The summed E-state index contributed by atoms with van der Waals surface area (Å²) >= 11 is 1.48. The third-order valence-electron chi connectivity index (χ3n) is 6.32. The Morgan fingerprint density at radius 2 is 1.57 bits per heavy atom. The van der Waals surface area contributed by atoms with Crippen molar-refractivity contribution >= 4 is 41.8 Å². The average molecular weight is 561 g/mol. The minimum atomic E-state index is -0.345. The van der Waals surface area contributed by atoms with Crippen LogP contribution >= 0.6 is 12.1 Å². The van der Waals surface area contributed by atoms with E-state index in [0.29, 0.717) is 12.1 Å². The highest BCUT2D eigenvalue weighted by molar-refractivity contribution is 7.95. The normalized spacial score (nSPS) is 14.2. The molecule has 1 heterocycles. The summed E-state index contributed by atoms with van der Waals surface area (Å²) in [5.74, 6) is -0.344. The maximum Gasteiger partial charge on any atom is 0.323 e. The monoisotopic (exact) mass is 560 g/mol. The lowest BCUT2D eigenvalue weighted by Gasteiger charge is -2.35. The van der Waals surface area contributed by atoms with Crippen LogP contribution in [0.1, 0.15) is 47.8 Å². The summed E-state index contributed by atoms with van der Waals surface area (Å²) in [5.41, 5.74) is 4.99. The Kier molecular flexibility index (Phi) is 12.8. The predicted octanol–water partition coefficient (Wildman–Crippen LogP) is 5.65. The molecule has 1 saturated heterocycles. The fourth-order valence-electron chi connectivity index (χ4n) is 4.07. The third-order valence-corrected chi connectivity index (χ3v) is 7.41. The van der Waals surface area contributed by atoms with E-state index in [2.05, 4.69) is 49.6 Å². The predicted molar refractivity (Wildman–Crippen MR) is 167 cm³/mol. The van der Waals surface area contributed by atoms with Gasteiger partial charge in [0.2, 0.25) is 0 Å². The molecule has 0 spiro atoms. The standard InChI is InChI=1S/C30H34N4O3S.C2H6/c1-23(30(36)37-2)32-38-34-19-17-33(18-20-34)28-15-13-24(14-16-28)11-12-25-9-6-10-27(21-25)29(35)31-22-26-7-4-3-5-8-26;1-2/h3-16,21,23,32H,17-20,22H2,1-2H3,(H,31,35);1-2H3/b12-11+;/t23-;/m1./s1. The molecule has 0 saturated carbocycles. The number of nitrogens with zero attached hydrogens (tertiary/aromatic N) is 2. The van der Waals surface area contributed by atoms with Gasteiger partial charge in [0.1, 0.15) is 6.04 Å². The van der Waals surface area contributed by atoms with E-state index in [1.165, 1.54) is 24.9 Å². The molecule has 1 amide bonds. The zero-order valence-corrected chi connectivity index (χ0v) is 24.6. The second-order valence-corrected chi connectivity index (χ2v) is 10.0. The van der Waals surface area contributed by atoms with Gasteiger partial charge in [-0.3, -0.25) is 9.59 Å². The van der Waals surface area contributed by atoms with Gasteiger partial charge >= 0.3 is 5.97 Å². The lowest BCUT2D eigenvalue weighted by atomic mass is 10.1. The van der Waals surface area contributed by atoms with Gasteiger partial charge in [0, 0.05) is 56.1 Å². The zero-order valence-electron chi connectivity index (χ0n) is 23.8. The van der Waals surface area contributed by atoms with E-state index in [1.807, 2.05) is 74.5 Å². The van der Waals surface area contributed by atoms with Gasteiger partial charge in [0.05, 0.1) is 7.11 Å². The van der Waals surface area contributed by atoms with Crippen LogP contribution in [0.4, 0.5) is 5.69 Å². The van der Waals surface area contributed by atoms with Crippen LogP contribution in [0.3, 0.4) is 0 Å². The summed E-state index contributed by atoms with van der Waals surface area (Å²) < 4.78 is 10.1. The number of hydrogen-bond donors (Lipinski definition) is 2. The number of carbonyl (C=O) groups is 2.